The summed E-state index contributed by atoms with van der Waals surface area (Å²) in [5.41, 5.74) is 0. The van der Waals surface area contributed by atoms with E-state index in [0.717, 1.165) is 77.2 Å². The second kappa shape index (κ2) is 36.2. The Hall–Kier alpha value is -1.65. The summed E-state index contributed by atoms with van der Waals surface area (Å²) in [6.45, 7) is 5.37. The van der Waals surface area contributed by atoms with Gasteiger partial charge in [-0.2, -0.15) is 0 Å². The molecule has 0 amide bonds. The average Bonchev–Trinajstić information content (AvgIpc) is 3.03. The monoisotopic (exact) mass is 644 g/mol. The highest BCUT2D eigenvalue weighted by Crippen LogP contribution is 2.19. The molecule has 0 aromatic heterocycles. The van der Waals surface area contributed by atoms with E-state index in [2.05, 4.69) is 67.4 Å². The molecule has 0 aromatic rings. The van der Waals surface area contributed by atoms with Crippen LogP contribution < -0.4 is 0 Å². The van der Waals surface area contributed by atoms with Crippen LogP contribution in [0.4, 0.5) is 0 Å². The molecule has 0 saturated carbocycles. The van der Waals surface area contributed by atoms with Gasteiger partial charge in [0.1, 0.15) is 6.10 Å². The lowest BCUT2D eigenvalue weighted by atomic mass is 9.99. The number of hydrogen-bond donors (Lipinski definition) is 1. The van der Waals surface area contributed by atoms with Crippen molar-refractivity contribution in [1.29, 1.82) is 0 Å². The van der Waals surface area contributed by atoms with Gasteiger partial charge in [0.2, 0.25) is 0 Å². The highest BCUT2D eigenvalue weighted by molar-refractivity contribution is 5.69. The fraction of sp³-hybridized carbons (Fsp3) is 0.786. The SMILES string of the molecule is CCCCC/C=C/C/C=C/CCCCCCCC(O)C(CCCCCCC/C=C/C/C=C/CCCCC)OC(=O)CCCN(C)C. The predicted molar refractivity (Wildman–Crippen MR) is 202 cm³/mol. The van der Waals surface area contributed by atoms with E-state index in [1.54, 1.807) is 0 Å². The Bertz CT molecular complexity index is 754. The van der Waals surface area contributed by atoms with E-state index < -0.39 is 6.10 Å². The molecule has 4 heteroatoms. The summed E-state index contributed by atoms with van der Waals surface area (Å²) in [5.74, 6) is -0.159. The zero-order valence-corrected chi connectivity index (χ0v) is 31.1. The molecule has 0 spiro atoms. The Morgan fingerprint density at radius 2 is 0.978 bits per heavy atom. The smallest absolute Gasteiger partial charge is 0.306 e. The summed E-state index contributed by atoms with van der Waals surface area (Å²) in [6, 6.07) is 0. The number of aliphatic hydroxyl groups excluding tert-OH is 1. The first-order valence-corrected chi connectivity index (χ1v) is 19.6. The van der Waals surface area contributed by atoms with Crippen LogP contribution in [0, 0.1) is 0 Å². The van der Waals surface area contributed by atoms with E-state index in [9.17, 15) is 9.90 Å². The quantitative estimate of drug-likeness (QED) is 0.0430. The molecule has 2 unspecified atom stereocenters. The molecule has 0 aromatic carbocycles. The van der Waals surface area contributed by atoms with E-state index in [4.69, 9.17) is 4.74 Å². The molecule has 1 N–H and O–H groups in total. The summed E-state index contributed by atoms with van der Waals surface area (Å²) in [5, 5.41) is 11.0. The van der Waals surface area contributed by atoms with Crippen LogP contribution in [-0.2, 0) is 9.53 Å². The Labute approximate surface area is 287 Å². The van der Waals surface area contributed by atoms with Gasteiger partial charge in [-0.1, -0.05) is 133 Å². The molecule has 0 heterocycles. The van der Waals surface area contributed by atoms with Gasteiger partial charge in [0.15, 0.2) is 0 Å². The molecule has 0 radical (unpaired) electrons. The summed E-state index contributed by atoms with van der Waals surface area (Å²) >= 11 is 0. The van der Waals surface area contributed by atoms with Crippen LogP contribution >= 0.6 is 0 Å². The van der Waals surface area contributed by atoms with Gasteiger partial charge in [0.05, 0.1) is 6.10 Å². The van der Waals surface area contributed by atoms with Crippen molar-refractivity contribution in [3.05, 3.63) is 48.6 Å². The number of carbonyl (C=O) groups is 1. The molecule has 0 bridgehead atoms. The first kappa shape index (κ1) is 44.4. The third-order valence-electron chi connectivity index (χ3n) is 8.59. The predicted octanol–water partition coefficient (Wildman–Crippen LogP) is 12.2. The molecule has 0 saturated heterocycles. The van der Waals surface area contributed by atoms with E-state index in [1.807, 2.05) is 14.1 Å². The average molecular weight is 644 g/mol. The van der Waals surface area contributed by atoms with Gasteiger partial charge >= 0.3 is 5.97 Å². The molecule has 0 aliphatic carbocycles. The summed E-state index contributed by atoms with van der Waals surface area (Å²) < 4.78 is 5.85. The summed E-state index contributed by atoms with van der Waals surface area (Å²) in [6.07, 6.45) is 46.6. The van der Waals surface area contributed by atoms with Crippen molar-refractivity contribution in [1.82, 2.24) is 4.90 Å². The van der Waals surface area contributed by atoms with Crippen LogP contribution in [0.1, 0.15) is 181 Å². The third kappa shape index (κ3) is 33.7. The van der Waals surface area contributed by atoms with Crippen molar-refractivity contribution >= 4 is 5.97 Å². The standard InChI is InChI=1S/C42H77NO3/c1-5-7-9-11-13-15-17-19-21-23-25-27-29-31-33-36-40(44)41(46-42(45)38-35-39-43(3)4)37-34-32-30-28-26-24-22-20-18-16-14-12-10-8-6-2/h13-16,19-22,40-41,44H,5-12,17-18,23-39H2,1-4H3/b15-13+,16-14+,21-19+,22-20+. The largest absolute Gasteiger partial charge is 0.460 e. The second-order valence-corrected chi connectivity index (χ2v) is 13.5. The lowest BCUT2D eigenvalue weighted by Gasteiger charge is -2.23. The van der Waals surface area contributed by atoms with Crippen molar-refractivity contribution < 1.29 is 14.6 Å². The van der Waals surface area contributed by atoms with Crippen molar-refractivity contribution in [2.75, 3.05) is 20.6 Å². The molecule has 2 atom stereocenters. The maximum Gasteiger partial charge on any atom is 0.306 e. The third-order valence-corrected chi connectivity index (χ3v) is 8.59. The number of nitrogens with zero attached hydrogens (tertiary/aromatic N) is 1. The molecular weight excluding hydrogens is 566 g/mol. The van der Waals surface area contributed by atoms with E-state index in [1.165, 1.54) is 89.9 Å². The molecule has 4 nitrogen and oxygen atoms in total. The van der Waals surface area contributed by atoms with Crippen molar-refractivity contribution in [2.45, 2.75) is 193 Å². The minimum Gasteiger partial charge on any atom is -0.460 e. The van der Waals surface area contributed by atoms with Crippen molar-refractivity contribution in [3.8, 4) is 0 Å². The zero-order chi connectivity index (χ0) is 33.8. The lowest BCUT2D eigenvalue weighted by molar-refractivity contribution is -0.156. The number of hydrogen-bond acceptors (Lipinski definition) is 4. The number of unbranched alkanes of at least 4 members (excludes halogenated alkanes) is 16. The van der Waals surface area contributed by atoms with Gasteiger partial charge in [-0.25, -0.2) is 0 Å². The van der Waals surface area contributed by atoms with Crippen LogP contribution in [0.15, 0.2) is 48.6 Å². The Morgan fingerprint density at radius 3 is 1.43 bits per heavy atom. The van der Waals surface area contributed by atoms with Gasteiger partial charge in [-0.15, -0.1) is 0 Å². The Balaban J connectivity index is 4.18. The number of esters is 1. The number of rotatable bonds is 34. The van der Waals surface area contributed by atoms with E-state index in [0.29, 0.717) is 6.42 Å². The van der Waals surface area contributed by atoms with Crippen LogP contribution in [0.5, 0.6) is 0 Å². The van der Waals surface area contributed by atoms with E-state index in [-0.39, 0.29) is 12.1 Å². The maximum absolute atomic E-state index is 12.5. The van der Waals surface area contributed by atoms with E-state index >= 15 is 0 Å². The summed E-state index contributed by atoms with van der Waals surface area (Å²) in [7, 11) is 4.04. The fourth-order valence-corrected chi connectivity index (χ4v) is 5.60. The van der Waals surface area contributed by atoms with Crippen molar-refractivity contribution in [3.63, 3.8) is 0 Å². The zero-order valence-electron chi connectivity index (χ0n) is 31.1. The fourth-order valence-electron chi connectivity index (χ4n) is 5.60. The van der Waals surface area contributed by atoms with Crippen LogP contribution in [0.3, 0.4) is 0 Å². The minimum absolute atomic E-state index is 0.159. The minimum atomic E-state index is -0.554. The molecule has 268 valence electrons. The second-order valence-electron chi connectivity index (χ2n) is 13.5. The normalized spacial score (nSPS) is 13.7. The molecule has 0 aliphatic heterocycles. The summed E-state index contributed by atoms with van der Waals surface area (Å²) in [4.78, 5) is 14.6. The number of ether oxygens (including phenoxy) is 1. The molecular formula is C42H77NO3. The van der Waals surface area contributed by atoms with Crippen LogP contribution in [0.25, 0.3) is 0 Å². The Morgan fingerprint density at radius 1 is 0.565 bits per heavy atom. The first-order valence-electron chi connectivity index (χ1n) is 19.6. The Kier molecular flexibility index (Phi) is 34.9. The highest BCUT2D eigenvalue weighted by atomic mass is 16.6. The van der Waals surface area contributed by atoms with Gasteiger partial charge in [-0.3, -0.25) is 4.79 Å². The maximum atomic E-state index is 12.5. The molecule has 0 aliphatic rings. The number of aliphatic hydroxyl groups is 1. The molecule has 46 heavy (non-hydrogen) atoms. The lowest BCUT2D eigenvalue weighted by Crippen LogP contribution is -2.31. The van der Waals surface area contributed by atoms with Gasteiger partial charge < -0.3 is 14.7 Å². The number of carbonyl (C=O) groups excluding carboxylic acids is 1. The topological polar surface area (TPSA) is 49.8 Å². The van der Waals surface area contributed by atoms with Gasteiger partial charge in [0.25, 0.3) is 0 Å². The highest BCUT2D eigenvalue weighted by Gasteiger charge is 2.22. The van der Waals surface area contributed by atoms with Crippen LogP contribution in [0.2, 0.25) is 0 Å². The number of allylic oxidation sites excluding steroid dienone is 8. The van der Waals surface area contributed by atoms with Crippen LogP contribution in [-0.4, -0.2) is 48.8 Å². The van der Waals surface area contributed by atoms with Gasteiger partial charge in [-0.05, 0) is 111 Å². The molecule has 0 fully saturated rings. The molecule has 0 rings (SSSR count). The van der Waals surface area contributed by atoms with Crippen molar-refractivity contribution in [2.24, 2.45) is 0 Å². The van der Waals surface area contributed by atoms with Gasteiger partial charge in [0, 0.05) is 6.42 Å². The first-order chi connectivity index (χ1) is 22.5.